The molecular formula is C12H14N2O4. The lowest BCUT2D eigenvalue weighted by molar-refractivity contribution is 0.0696. The number of carboxylic acids is 1. The Morgan fingerprint density at radius 2 is 2.28 bits per heavy atom. The maximum atomic E-state index is 11.6. The van der Waals surface area contributed by atoms with Gasteiger partial charge in [-0.2, -0.15) is 0 Å². The van der Waals surface area contributed by atoms with Crippen molar-refractivity contribution in [2.45, 2.75) is 13.1 Å². The molecule has 1 amide bonds. The van der Waals surface area contributed by atoms with Gasteiger partial charge in [-0.25, -0.2) is 9.59 Å². The van der Waals surface area contributed by atoms with Gasteiger partial charge in [0.15, 0.2) is 0 Å². The van der Waals surface area contributed by atoms with Crippen LogP contribution in [0.2, 0.25) is 0 Å². The number of carboxylic acid groups (broad SMARTS) is 1. The fraction of sp³-hybridized carbons (Fsp3) is 0.333. The van der Waals surface area contributed by atoms with E-state index in [0.717, 1.165) is 5.69 Å². The first kappa shape index (κ1) is 12.2. The summed E-state index contributed by atoms with van der Waals surface area (Å²) in [6, 6.07) is 1.58. The Bertz CT molecular complexity index is 492. The number of rotatable bonds is 3. The molecule has 1 aromatic rings. The predicted octanol–water partition coefficient (Wildman–Crippen LogP) is 1.32. The Labute approximate surface area is 104 Å². The fourth-order valence-corrected chi connectivity index (χ4v) is 1.89. The van der Waals surface area contributed by atoms with E-state index in [9.17, 15) is 9.59 Å². The zero-order chi connectivity index (χ0) is 13.1. The minimum atomic E-state index is -0.960. The smallest absolute Gasteiger partial charge is 0.410 e. The van der Waals surface area contributed by atoms with Crippen LogP contribution in [0.5, 0.6) is 0 Å². The number of amides is 1. The molecule has 0 aliphatic carbocycles. The van der Waals surface area contributed by atoms with Crippen LogP contribution in [-0.2, 0) is 17.8 Å². The summed E-state index contributed by atoms with van der Waals surface area (Å²) in [6.45, 7) is 5.10. The standard InChI is InChI=1S/C12H14N2O4/c1-2-5-18-12(17)14-4-3-13-7-9(11(15)16)6-10(13)8-14/h2,6-7H,1,3-5,8H2,(H,15,16). The van der Waals surface area contributed by atoms with Gasteiger partial charge < -0.3 is 19.3 Å². The average Bonchev–Trinajstić information content (AvgIpc) is 2.78. The molecule has 18 heavy (non-hydrogen) atoms. The van der Waals surface area contributed by atoms with Crippen molar-refractivity contribution in [1.29, 1.82) is 0 Å². The average molecular weight is 250 g/mol. The monoisotopic (exact) mass is 250 g/mol. The lowest BCUT2D eigenvalue weighted by Crippen LogP contribution is -2.38. The summed E-state index contributed by atoms with van der Waals surface area (Å²) >= 11 is 0. The van der Waals surface area contributed by atoms with E-state index in [-0.39, 0.29) is 12.2 Å². The van der Waals surface area contributed by atoms with E-state index >= 15 is 0 Å². The van der Waals surface area contributed by atoms with Crippen molar-refractivity contribution in [2.24, 2.45) is 0 Å². The first-order chi connectivity index (χ1) is 8.61. The second kappa shape index (κ2) is 4.95. The quantitative estimate of drug-likeness (QED) is 0.821. The second-order valence-electron chi connectivity index (χ2n) is 4.01. The molecule has 96 valence electrons. The van der Waals surface area contributed by atoms with Crippen LogP contribution in [0, 0.1) is 0 Å². The zero-order valence-corrected chi connectivity index (χ0v) is 9.83. The minimum Gasteiger partial charge on any atom is -0.478 e. The molecule has 1 aromatic heterocycles. The highest BCUT2D eigenvalue weighted by Gasteiger charge is 2.23. The minimum absolute atomic E-state index is 0.177. The molecule has 0 saturated heterocycles. The van der Waals surface area contributed by atoms with Crippen LogP contribution in [0.25, 0.3) is 0 Å². The van der Waals surface area contributed by atoms with Crippen LogP contribution in [0.1, 0.15) is 16.1 Å². The van der Waals surface area contributed by atoms with Crippen LogP contribution in [0.15, 0.2) is 24.9 Å². The van der Waals surface area contributed by atoms with Gasteiger partial charge in [-0.3, -0.25) is 0 Å². The van der Waals surface area contributed by atoms with Crippen molar-refractivity contribution in [3.63, 3.8) is 0 Å². The van der Waals surface area contributed by atoms with Gasteiger partial charge in [0.1, 0.15) is 6.61 Å². The number of carbonyl (C=O) groups excluding carboxylic acids is 1. The predicted molar refractivity (Wildman–Crippen MR) is 63.3 cm³/mol. The lowest BCUT2D eigenvalue weighted by atomic mass is 10.3. The Hall–Kier alpha value is -2.24. The first-order valence-electron chi connectivity index (χ1n) is 5.56. The third-order valence-corrected chi connectivity index (χ3v) is 2.78. The Morgan fingerprint density at radius 3 is 2.94 bits per heavy atom. The summed E-state index contributed by atoms with van der Waals surface area (Å²) in [5.74, 6) is -0.960. The molecule has 0 atom stereocenters. The van der Waals surface area contributed by atoms with Crippen LogP contribution < -0.4 is 0 Å². The van der Waals surface area contributed by atoms with Gasteiger partial charge in [0.05, 0.1) is 12.1 Å². The number of hydrogen-bond acceptors (Lipinski definition) is 3. The van der Waals surface area contributed by atoms with Crippen molar-refractivity contribution in [3.8, 4) is 0 Å². The molecule has 0 bridgehead atoms. The molecule has 0 spiro atoms. The molecule has 6 heteroatoms. The number of ether oxygens (including phenoxy) is 1. The highest BCUT2D eigenvalue weighted by molar-refractivity contribution is 5.87. The summed E-state index contributed by atoms with van der Waals surface area (Å²) in [5, 5.41) is 8.90. The van der Waals surface area contributed by atoms with E-state index in [1.54, 1.807) is 17.2 Å². The van der Waals surface area contributed by atoms with Crippen LogP contribution in [0.3, 0.4) is 0 Å². The van der Waals surface area contributed by atoms with E-state index in [1.165, 1.54) is 6.08 Å². The molecule has 6 nitrogen and oxygen atoms in total. The third kappa shape index (κ3) is 2.37. The largest absolute Gasteiger partial charge is 0.478 e. The van der Waals surface area contributed by atoms with Crippen LogP contribution in [-0.4, -0.2) is 39.8 Å². The molecule has 0 aromatic carbocycles. The van der Waals surface area contributed by atoms with Crippen molar-refractivity contribution in [1.82, 2.24) is 9.47 Å². The summed E-state index contributed by atoms with van der Waals surface area (Å²) in [4.78, 5) is 24.0. The molecule has 0 fully saturated rings. The molecule has 0 unspecified atom stereocenters. The maximum absolute atomic E-state index is 11.6. The number of hydrogen-bond donors (Lipinski definition) is 1. The van der Waals surface area contributed by atoms with E-state index < -0.39 is 12.1 Å². The lowest BCUT2D eigenvalue weighted by Gasteiger charge is -2.27. The highest BCUT2D eigenvalue weighted by atomic mass is 16.6. The summed E-state index contributed by atoms with van der Waals surface area (Å²) < 4.78 is 6.79. The molecular weight excluding hydrogens is 236 g/mol. The topological polar surface area (TPSA) is 71.8 Å². The number of aromatic nitrogens is 1. The van der Waals surface area contributed by atoms with Crippen molar-refractivity contribution in [3.05, 3.63) is 36.2 Å². The summed E-state index contributed by atoms with van der Waals surface area (Å²) in [5.41, 5.74) is 1.04. The van der Waals surface area contributed by atoms with E-state index in [1.807, 2.05) is 4.57 Å². The first-order valence-corrected chi connectivity index (χ1v) is 5.56. The number of nitrogens with zero attached hydrogens (tertiary/aromatic N) is 2. The van der Waals surface area contributed by atoms with E-state index in [0.29, 0.717) is 19.6 Å². The highest BCUT2D eigenvalue weighted by Crippen LogP contribution is 2.17. The normalized spacial score (nSPS) is 13.9. The molecule has 0 saturated carbocycles. The van der Waals surface area contributed by atoms with Gasteiger partial charge in [0.25, 0.3) is 0 Å². The van der Waals surface area contributed by atoms with Gasteiger partial charge in [0.2, 0.25) is 0 Å². The van der Waals surface area contributed by atoms with Crippen molar-refractivity contribution < 1.29 is 19.4 Å². The molecule has 0 radical (unpaired) electrons. The SMILES string of the molecule is C=CCOC(=O)N1CCn2cc(C(=O)O)cc2C1. The van der Waals surface area contributed by atoms with Crippen LogP contribution in [0.4, 0.5) is 4.79 Å². The van der Waals surface area contributed by atoms with E-state index in [2.05, 4.69) is 6.58 Å². The molecule has 2 rings (SSSR count). The van der Waals surface area contributed by atoms with Gasteiger partial charge in [0, 0.05) is 25.0 Å². The maximum Gasteiger partial charge on any atom is 0.410 e. The van der Waals surface area contributed by atoms with Crippen molar-refractivity contribution in [2.75, 3.05) is 13.2 Å². The Balaban J connectivity index is 2.07. The Morgan fingerprint density at radius 1 is 1.50 bits per heavy atom. The molecule has 1 aliphatic rings. The third-order valence-electron chi connectivity index (χ3n) is 2.78. The molecule has 2 heterocycles. The van der Waals surface area contributed by atoms with E-state index in [4.69, 9.17) is 9.84 Å². The molecule has 1 N–H and O–H groups in total. The number of fused-ring (bicyclic) bond motifs is 1. The summed E-state index contributed by atoms with van der Waals surface area (Å²) in [7, 11) is 0. The number of aromatic carboxylic acids is 1. The van der Waals surface area contributed by atoms with Gasteiger partial charge >= 0.3 is 12.1 Å². The Kier molecular flexibility index (Phi) is 3.36. The van der Waals surface area contributed by atoms with Crippen molar-refractivity contribution >= 4 is 12.1 Å². The number of carbonyl (C=O) groups is 2. The van der Waals surface area contributed by atoms with Gasteiger partial charge in [-0.15, -0.1) is 0 Å². The fourth-order valence-electron chi connectivity index (χ4n) is 1.89. The van der Waals surface area contributed by atoms with Crippen LogP contribution >= 0.6 is 0 Å². The zero-order valence-electron chi connectivity index (χ0n) is 9.83. The second-order valence-corrected chi connectivity index (χ2v) is 4.01. The molecule has 1 aliphatic heterocycles. The van der Waals surface area contributed by atoms with Gasteiger partial charge in [-0.1, -0.05) is 12.7 Å². The van der Waals surface area contributed by atoms with Gasteiger partial charge in [-0.05, 0) is 6.07 Å². The summed E-state index contributed by atoms with van der Waals surface area (Å²) in [6.07, 6.45) is 2.69.